The van der Waals surface area contributed by atoms with Gasteiger partial charge in [0.2, 0.25) is 0 Å². The molecule has 1 aromatic rings. The fourth-order valence-corrected chi connectivity index (χ4v) is 2.26. The predicted molar refractivity (Wildman–Crippen MR) is 92.6 cm³/mol. The highest BCUT2D eigenvalue weighted by molar-refractivity contribution is 9.10. The van der Waals surface area contributed by atoms with E-state index in [-0.39, 0.29) is 13.2 Å². The molecular formula is C16H25BrO8. The van der Waals surface area contributed by atoms with Crippen LogP contribution in [0.4, 0.5) is 0 Å². The molecule has 0 saturated heterocycles. The molecule has 0 bridgehead atoms. The number of halogens is 1. The Kier molecular flexibility index (Phi) is 12.6. The summed E-state index contributed by atoms with van der Waals surface area (Å²) < 4.78 is 21.7. The molecule has 9 heteroatoms. The first-order chi connectivity index (χ1) is 12.2. The van der Waals surface area contributed by atoms with Gasteiger partial charge in [0.15, 0.2) is 0 Å². The number of ether oxygens (including phenoxy) is 4. The third-order valence-electron chi connectivity index (χ3n) is 2.87. The molecule has 0 radical (unpaired) electrons. The summed E-state index contributed by atoms with van der Waals surface area (Å²) in [6, 6.07) is 3.76. The normalized spacial score (nSPS) is 10.9. The van der Waals surface area contributed by atoms with Gasteiger partial charge in [-0.15, -0.1) is 0 Å². The molecule has 0 aromatic heterocycles. The Morgan fingerprint density at radius 1 is 0.720 bits per heavy atom. The van der Waals surface area contributed by atoms with Crippen molar-refractivity contribution in [2.24, 2.45) is 0 Å². The van der Waals surface area contributed by atoms with Gasteiger partial charge >= 0.3 is 0 Å². The molecule has 25 heavy (non-hydrogen) atoms. The minimum Gasteiger partial charge on any atom is -0.495 e. The summed E-state index contributed by atoms with van der Waals surface area (Å²) in [4.78, 5) is 19.5. The first-order valence-corrected chi connectivity index (χ1v) is 8.48. The molecule has 144 valence electrons. The molecule has 0 spiro atoms. The zero-order chi connectivity index (χ0) is 18.3. The van der Waals surface area contributed by atoms with Crippen LogP contribution < -0.4 is 9.47 Å². The average Bonchev–Trinajstić information content (AvgIpc) is 2.63. The summed E-state index contributed by atoms with van der Waals surface area (Å²) >= 11 is 3.42. The Bertz CT molecular complexity index is 446. The van der Waals surface area contributed by atoms with E-state index in [2.05, 4.69) is 15.9 Å². The SMILES string of the molecule is COCCOOCCOOCCOCc1cc(OC)c(Br)c(OC)c1. The van der Waals surface area contributed by atoms with E-state index in [0.717, 1.165) is 10.0 Å². The molecule has 0 saturated carbocycles. The summed E-state index contributed by atoms with van der Waals surface area (Å²) in [6.07, 6.45) is 0. The summed E-state index contributed by atoms with van der Waals surface area (Å²) in [6.45, 7) is 2.46. The molecule has 0 heterocycles. The van der Waals surface area contributed by atoms with Crippen LogP contribution in [0.2, 0.25) is 0 Å². The highest BCUT2D eigenvalue weighted by Crippen LogP contribution is 2.35. The van der Waals surface area contributed by atoms with Gasteiger partial charge in [0.25, 0.3) is 0 Å². The van der Waals surface area contributed by atoms with E-state index in [9.17, 15) is 0 Å². The van der Waals surface area contributed by atoms with E-state index < -0.39 is 0 Å². The van der Waals surface area contributed by atoms with Crippen molar-refractivity contribution in [2.45, 2.75) is 6.61 Å². The molecule has 1 rings (SSSR count). The van der Waals surface area contributed by atoms with Crippen LogP contribution in [-0.2, 0) is 35.6 Å². The van der Waals surface area contributed by atoms with Gasteiger partial charge in [0.1, 0.15) is 42.4 Å². The fraction of sp³-hybridized carbons (Fsp3) is 0.625. The first-order valence-electron chi connectivity index (χ1n) is 7.68. The third-order valence-corrected chi connectivity index (χ3v) is 3.65. The van der Waals surface area contributed by atoms with Crippen LogP contribution in [-0.4, -0.2) is 61.0 Å². The third kappa shape index (κ3) is 9.36. The van der Waals surface area contributed by atoms with Gasteiger partial charge in [-0.3, -0.25) is 0 Å². The van der Waals surface area contributed by atoms with E-state index in [1.165, 1.54) is 0 Å². The number of methoxy groups -OCH3 is 3. The second kappa shape index (κ2) is 14.3. The van der Waals surface area contributed by atoms with Gasteiger partial charge in [0.05, 0.1) is 34.0 Å². The first kappa shape index (κ1) is 22.1. The van der Waals surface area contributed by atoms with Crippen molar-refractivity contribution in [3.63, 3.8) is 0 Å². The van der Waals surface area contributed by atoms with E-state index >= 15 is 0 Å². The minimum atomic E-state index is 0.258. The molecule has 0 aliphatic heterocycles. The van der Waals surface area contributed by atoms with E-state index in [4.69, 9.17) is 38.5 Å². The molecule has 0 amide bonds. The topological polar surface area (TPSA) is 73.8 Å². The van der Waals surface area contributed by atoms with Gasteiger partial charge in [0, 0.05) is 7.11 Å². The van der Waals surface area contributed by atoms with E-state index in [0.29, 0.717) is 44.5 Å². The molecule has 8 nitrogen and oxygen atoms in total. The fourth-order valence-electron chi connectivity index (χ4n) is 1.71. The Morgan fingerprint density at radius 2 is 1.20 bits per heavy atom. The maximum absolute atomic E-state index is 5.53. The van der Waals surface area contributed by atoms with Crippen molar-refractivity contribution in [3.8, 4) is 11.5 Å². The maximum atomic E-state index is 5.53. The van der Waals surface area contributed by atoms with Crippen LogP contribution >= 0.6 is 15.9 Å². The van der Waals surface area contributed by atoms with Crippen LogP contribution in [0.3, 0.4) is 0 Å². The molecule has 0 atom stereocenters. The Morgan fingerprint density at radius 3 is 1.68 bits per heavy atom. The van der Waals surface area contributed by atoms with Crippen LogP contribution in [0.5, 0.6) is 11.5 Å². The summed E-state index contributed by atoms with van der Waals surface area (Å²) in [5.74, 6) is 1.37. The Balaban J connectivity index is 2.08. The standard InChI is InChI=1S/C16H25BrO8/c1-18-4-6-22-24-8-9-25-23-7-5-21-12-13-10-14(19-2)16(17)15(11-13)20-3/h10-11H,4-9,12H2,1-3H3. The minimum absolute atomic E-state index is 0.258. The van der Waals surface area contributed by atoms with Gasteiger partial charge in [-0.25, -0.2) is 19.6 Å². The summed E-state index contributed by atoms with van der Waals surface area (Å²) in [5.41, 5.74) is 0.930. The second-order valence-corrected chi connectivity index (χ2v) is 5.44. The van der Waals surface area contributed by atoms with Gasteiger partial charge in [-0.1, -0.05) is 0 Å². The van der Waals surface area contributed by atoms with Crippen molar-refractivity contribution in [3.05, 3.63) is 22.2 Å². The number of hydrogen-bond donors (Lipinski definition) is 0. The lowest BCUT2D eigenvalue weighted by atomic mass is 10.2. The predicted octanol–water partition coefficient (Wildman–Crippen LogP) is 2.53. The molecule has 1 aromatic carbocycles. The van der Waals surface area contributed by atoms with Crippen molar-refractivity contribution < 1.29 is 38.5 Å². The average molecular weight is 425 g/mol. The second-order valence-electron chi connectivity index (χ2n) is 4.65. The van der Waals surface area contributed by atoms with Crippen molar-refractivity contribution in [2.75, 3.05) is 61.0 Å². The van der Waals surface area contributed by atoms with Crippen LogP contribution in [0.15, 0.2) is 16.6 Å². The summed E-state index contributed by atoms with van der Waals surface area (Å²) in [5, 5.41) is 0. The lowest BCUT2D eigenvalue weighted by Crippen LogP contribution is -2.10. The van der Waals surface area contributed by atoms with Gasteiger partial charge in [-0.2, -0.15) is 0 Å². The highest BCUT2D eigenvalue weighted by Gasteiger charge is 2.09. The largest absolute Gasteiger partial charge is 0.495 e. The van der Waals surface area contributed by atoms with Gasteiger partial charge in [-0.05, 0) is 33.6 Å². The molecule has 0 fully saturated rings. The van der Waals surface area contributed by atoms with Crippen LogP contribution in [0.1, 0.15) is 5.56 Å². The number of hydrogen-bond acceptors (Lipinski definition) is 8. The molecule has 0 unspecified atom stereocenters. The Hall–Kier alpha value is -0.940. The smallest absolute Gasteiger partial charge is 0.137 e. The quantitative estimate of drug-likeness (QED) is 0.241. The van der Waals surface area contributed by atoms with Crippen molar-refractivity contribution >= 4 is 15.9 Å². The van der Waals surface area contributed by atoms with Crippen molar-refractivity contribution in [1.29, 1.82) is 0 Å². The molecule has 0 aliphatic carbocycles. The zero-order valence-electron chi connectivity index (χ0n) is 14.7. The van der Waals surface area contributed by atoms with Crippen molar-refractivity contribution in [1.82, 2.24) is 0 Å². The zero-order valence-corrected chi connectivity index (χ0v) is 16.3. The lowest BCUT2D eigenvalue weighted by molar-refractivity contribution is -0.344. The summed E-state index contributed by atoms with van der Waals surface area (Å²) in [7, 11) is 4.79. The van der Waals surface area contributed by atoms with Crippen LogP contribution in [0.25, 0.3) is 0 Å². The molecular weight excluding hydrogens is 400 g/mol. The monoisotopic (exact) mass is 424 g/mol. The van der Waals surface area contributed by atoms with Gasteiger partial charge < -0.3 is 18.9 Å². The van der Waals surface area contributed by atoms with Crippen LogP contribution in [0, 0.1) is 0 Å². The maximum Gasteiger partial charge on any atom is 0.137 e. The number of rotatable bonds is 15. The number of benzene rings is 1. The highest BCUT2D eigenvalue weighted by atomic mass is 79.9. The molecule has 0 N–H and O–H groups in total. The van der Waals surface area contributed by atoms with E-state index in [1.54, 1.807) is 21.3 Å². The molecule has 0 aliphatic rings. The van der Waals surface area contributed by atoms with E-state index in [1.807, 2.05) is 12.1 Å². The Labute approximate surface area is 156 Å². The lowest BCUT2D eigenvalue weighted by Gasteiger charge is -2.12.